The van der Waals surface area contributed by atoms with Gasteiger partial charge in [0.15, 0.2) is 0 Å². The number of alkyl halides is 3. The first-order valence-corrected chi connectivity index (χ1v) is 4.65. The number of amides is 1. The van der Waals surface area contributed by atoms with Crippen molar-refractivity contribution in [2.45, 2.75) is 19.2 Å². The molecule has 0 radical (unpaired) electrons. The van der Waals surface area contributed by atoms with Gasteiger partial charge in [-0.25, -0.2) is 0 Å². The van der Waals surface area contributed by atoms with Crippen LogP contribution in [0.5, 0.6) is 0 Å². The second-order valence-corrected chi connectivity index (χ2v) is 3.49. The van der Waals surface area contributed by atoms with Crippen LogP contribution in [0.25, 0.3) is 0 Å². The number of nitrogens with one attached hydrogen (secondary N) is 2. The standard InChI is InChI=1S/C9H9F3N2O2/c10-9(11,12)7-5(3-15)14-4-1-2-13-8(16)6(4)7/h14-15H,1-3H2,(H,13,16). The number of carbonyl (C=O) groups is 1. The topological polar surface area (TPSA) is 65.1 Å². The first kappa shape index (κ1) is 11.0. The van der Waals surface area contributed by atoms with Gasteiger partial charge in [0, 0.05) is 18.7 Å². The number of aromatic amines is 1. The van der Waals surface area contributed by atoms with Crippen molar-refractivity contribution < 1.29 is 23.1 Å². The second-order valence-electron chi connectivity index (χ2n) is 3.49. The zero-order valence-electron chi connectivity index (χ0n) is 8.11. The van der Waals surface area contributed by atoms with Gasteiger partial charge in [0.25, 0.3) is 5.91 Å². The molecule has 0 saturated carbocycles. The Labute approximate surface area is 88.5 Å². The maximum Gasteiger partial charge on any atom is 0.419 e. The van der Waals surface area contributed by atoms with Crippen molar-refractivity contribution in [3.63, 3.8) is 0 Å². The van der Waals surface area contributed by atoms with Gasteiger partial charge >= 0.3 is 6.18 Å². The number of carbonyl (C=O) groups excluding carboxylic acids is 1. The summed E-state index contributed by atoms with van der Waals surface area (Å²) in [5.74, 6) is -0.746. The van der Waals surface area contributed by atoms with Crippen LogP contribution in [0.15, 0.2) is 0 Å². The minimum atomic E-state index is -4.64. The van der Waals surface area contributed by atoms with E-state index in [0.717, 1.165) is 0 Å². The summed E-state index contributed by atoms with van der Waals surface area (Å²) in [6.07, 6.45) is -4.33. The van der Waals surface area contributed by atoms with E-state index in [1.807, 2.05) is 0 Å². The fourth-order valence-electron chi connectivity index (χ4n) is 1.87. The quantitative estimate of drug-likeness (QED) is 0.673. The molecule has 0 atom stereocenters. The molecule has 1 aliphatic heterocycles. The molecule has 1 amide bonds. The van der Waals surface area contributed by atoms with E-state index in [2.05, 4.69) is 10.3 Å². The molecule has 0 fully saturated rings. The molecule has 2 heterocycles. The molecule has 1 aliphatic rings. The number of halogens is 3. The van der Waals surface area contributed by atoms with Gasteiger partial charge in [-0.3, -0.25) is 4.79 Å². The van der Waals surface area contributed by atoms with Gasteiger partial charge in [-0.1, -0.05) is 0 Å². The lowest BCUT2D eigenvalue weighted by molar-refractivity contribution is -0.139. The van der Waals surface area contributed by atoms with Gasteiger partial charge < -0.3 is 15.4 Å². The fourth-order valence-corrected chi connectivity index (χ4v) is 1.87. The van der Waals surface area contributed by atoms with E-state index in [1.165, 1.54) is 0 Å². The second kappa shape index (κ2) is 3.51. The third kappa shape index (κ3) is 1.57. The SMILES string of the molecule is O=C1NCCc2[nH]c(CO)c(C(F)(F)F)c21. The van der Waals surface area contributed by atoms with E-state index in [4.69, 9.17) is 5.11 Å². The molecule has 0 unspecified atom stereocenters. The van der Waals surface area contributed by atoms with Gasteiger partial charge in [0.05, 0.1) is 23.4 Å². The Hall–Kier alpha value is -1.50. The summed E-state index contributed by atoms with van der Waals surface area (Å²) in [5, 5.41) is 11.2. The third-order valence-corrected chi connectivity index (χ3v) is 2.48. The summed E-state index contributed by atoms with van der Waals surface area (Å²) in [7, 11) is 0. The van der Waals surface area contributed by atoms with Crippen LogP contribution in [-0.4, -0.2) is 22.5 Å². The summed E-state index contributed by atoms with van der Waals surface area (Å²) in [5.41, 5.74) is -1.56. The molecule has 16 heavy (non-hydrogen) atoms. The van der Waals surface area contributed by atoms with Crippen LogP contribution in [0.4, 0.5) is 13.2 Å². The average Bonchev–Trinajstić information content (AvgIpc) is 2.57. The number of aromatic nitrogens is 1. The number of aliphatic hydroxyl groups excluding tert-OH is 1. The first-order valence-electron chi connectivity index (χ1n) is 4.65. The highest BCUT2D eigenvalue weighted by atomic mass is 19.4. The van der Waals surface area contributed by atoms with Crippen LogP contribution in [0.1, 0.15) is 27.3 Å². The molecule has 2 rings (SSSR count). The number of hydrogen-bond donors (Lipinski definition) is 3. The zero-order valence-corrected chi connectivity index (χ0v) is 8.11. The number of fused-ring (bicyclic) bond motifs is 1. The van der Waals surface area contributed by atoms with Crippen molar-refractivity contribution in [3.8, 4) is 0 Å². The molecule has 88 valence electrons. The fraction of sp³-hybridized carbons (Fsp3) is 0.444. The van der Waals surface area contributed by atoms with Crippen molar-refractivity contribution in [2.75, 3.05) is 6.54 Å². The predicted molar refractivity (Wildman–Crippen MR) is 47.8 cm³/mol. The van der Waals surface area contributed by atoms with E-state index in [0.29, 0.717) is 13.0 Å². The van der Waals surface area contributed by atoms with E-state index in [9.17, 15) is 18.0 Å². The highest BCUT2D eigenvalue weighted by molar-refractivity contribution is 5.98. The minimum Gasteiger partial charge on any atom is -0.390 e. The first-order chi connectivity index (χ1) is 7.45. The minimum absolute atomic E-state index is 0.236. The van der Waals surface area contributed by atoms with Crippen LogP contribution in [0, 0.1) is 0 Å². The van der Waals surface area contributed by atoms with Gasteiger partial charge in [-0.15, -0.1) is 0 Å². The van der Waals surface area contributed by atoms with Crippen molar-refractivity contribution in [1.82, 2.24) is 10.3 Å². The Kier molecular flexibility index (Phi) is 2.42. The Balaban J connectivity index is 2.65. The predicted octanol–water partition coefficient (Wildman–Crippen LogP) is 0.812. The molecule has 1 aromatic rings. The zero-order chi connectivity index (χ0) is 11.9. The van der Waals surface area contributed by atoms with Crippen molar-refractivity contribution >= 4 is 5.91 Å². The number of aliphatic hydroxyl groups is 1. The maximum atomic E-state index is 12.7. The molecular weight excluding hydrogens is 225 g/mol. The van der Waals surface area contributed by atoms with E-state index in [-0.39, 0.29) is 17.0 Å². The van der Waals surface area contributed by atoms with E-state index >= 15 is 0 Å². The molecule has 0 aliphatic carbocycles. The summed E-state index contributed by atoms with van der Waals surface area (Å²) < 4.78 is 38.2. The number of H-pyrrole nitrogens is 1. The molecule has 1 aromatic heterocycles. The van der Waals surface area contributed by atoms with Crippen molar-refractivity contribution in [2.24, 2.45) is 0 Å². The summed E-state index contributed by atoms with van der Waals surface area (Å²) in [4.78, 5) is 13.8. The molecule has 0 bridgehead atoms. The molecule has 0 aromatic carbocycles. The van der Waals surface area contributed by atoms with Crippen LogP contribution >= 0.6 is 0 Å². The average molecular weight is 234 g/mol. The lowest BCUT2D eigenvalue weighted by Crippen LogP contribution is -2.33. The lowest BCUT2D eigenvalue weighted by Gasteiger charge is -2.15. The summed E-state index contributed by atoms with van der Waals surface area (Å²) in [6, 6.07) is 0. The number of hydrogen-bond acceptors (Lipinski definition) is 2. The van der Waals surface area contributed by atoms with Crippen molar-refractivity contribution in [1.29, 1.82) is 0 Å². The van der Waals surface area contributed by atoms with Gasteiger partial charge in [-0.2, -0.15) is 13.2 Å². The molecular formula is C9H9F3N2O2. The van der Waals surface area contributed by atoms with Gasteiger partial charge in [0.2, 0.25) is 0 Å². The number of rotatable bonds is 1. The smallest absolute Gasteiger partial charge is 0.390 e. The Morgan fingerprint density at radius 1 is 1.38 bits per heavy atom. The Bertz CT molecular complexity index is 437. The Morgan fingerprint density at radius 2 is 2.06 bits per heavy atom. The summed E-state index contributed by atoms with van der Waals surface area (Å²) in [6.45, 7) is -0.469. The molecule has 7 heteroatoms. The normalized spacial score (nSPS) is 15.9. The summed E-state index contributed by atoms with van der Waals surface area (Å²) >= 11 is 0. The van der Waals surface area contributed by atoms with Crippen LogP contribution in [-0.2, 0) is 19.2 Å². The maximum absolute atomic E-state index is 12.7. The molecule has 0 spiro atoms. The van der Waals surface area contributed by atoms with E-state index in [1.54, 1.807) is 0 Å². The van der Waals surface area contributed by atoms with Crippen molar-refractivity contribution in [3.05, 3.63) is 22.5 Å². The Morgan fingerprint density at radius 3 is 2.62 bits per heavy atom. The molecule has 4 nitrogen and oxygen atoms in total. The lowest BCUT2D eigenvalue weighted by atomic mass is 10.0. The van der Waals surface area contributed by atoms with Gasteiger partial charge in [0.1, 0.15) is 0 Å². The monoisotopic (exact) mass is 234 g/mol. The highest BCUT2D eigenvalue weighted by Gasteiger charge is 2.41. The third-order valence-electron chi connectivity index (χ3n) is 2.48. The molecule has 3 N–H and O–H groups in total. The van der Waals surface area contributed by atoms with Crippen LogP contribution in [0.2, 0.25) is 0 Å². The van der Waals surface area contributed by atoms with Crippen LogP contribution < -0.4 is 5.32 Å². The molecule has 0 saturated heterocycles. The van der Waals surface area contributed by atoms with Crippen LogP contribution in [0.3, 0.4) is 0 Å². The highest BCUT2D eigenvalue weighted by Crippen LogP contribution is 2.37. The largest absolute Gasteiger partial charge is 0.419 e. The van der Waals surface area contributed by atoms with E-state index < -0.39 is 24.3 Å². The van der Waals surface area contributed by atoms with Gasteiger partial charge in [-0.05, 0) is 0 Å².